The number of hydrogen-bond donors (Lipinski definition) is 1. The number of nitrogens with two attached hydrogens (primary N) is 1. The van der Waals surface area contributed by atoms with Gasteiger partial charge in [-0.1, -0.05) is 0 Å². The molecule has 58 valence electrons. The summed E-state index contributed by atoms with van der Waals surface area (Å²) in [6, 6.07) is 0. The monoisotopic (exact) mass is 157 g/mol. The summed E-state index contributed by atoms with van der Waals surface area (Å²) in [5, 5.41) is 0. The third-order valence-electron chi connectivity index (χ3n) is 3.09. The molecule has 0 aromatic heterocycles. The minimum Gasteiger partial charge on any atom is -0.330 e. The summed E-state index contributed by atoms with van der Waals surface area (Å²) in [4.78, 5) is 0. The van der Waals surface area contributed by atoms with Crippen molar-refractivity contribution in [2.24, 2.45) is 17.1 Å². The molecule has 2 aliphatic rings. The highest BCUT2D eigenvalue weighted by atomic mass is 32.2. The molecule has 1 atom stereocenters. The van der Waals surface area contributed by atoms with Crippen LogP contribution < -0.4 is 5.73 Å². The summed E-state index contributed by atoms with van der Waals surface area (Å²) in [6.45, 7) is 0.943. The van der Waals surface area contributed by atoms with Crippen LogP contribution in [0.2, 0.25) is 0 Å². The van der Waals surface area contributed by atoms with Gasteiger partial charge in [0.25, 0.3) is 0 Å². The van der Waals surface area contributed by atoms with E-state index in [-0.39, 0.29) is 0 Å². The minimum absolute atomic E-state index is 0.628. The number of hydrogen-bond acceptors (Lipinski definition) is 2. The third-order valence-corrected chi connectivity index (χ3v) is 4.26. The zero-order chi connectivity index (χ0) is 7.03. The van der Waals surface area contributed by atoms with Crippen molar-refractivity contribution < 1.29 is 0 Å². The standard InChI is InChI=1S/C8H15NS/c9-6-8(2-3-8)7-1-4-10-5-7/h7H,1-6,9H2. The molecule has 0 aromatic carbocycles. The van der Waals surface area contributed by atoms with Crippen molar-refractivity contribution in [3.63, 3.8) is 0 Å². The van der Waals surface area contributed by atoms with Gasteiger partial charge in [0, 0.05) is 0 Å². The first-order chi connectivity index (χ1) is 4.87. The molecule has 2 fully saturated rings. The molecule has 1 heterocycles. The zero-order valence-electron chi connectivity index (χ0n) is 6.31. The topological polar surface area (TPSA) is 26.0 Å². The largest absolute Gasteiger partial charge is 0.330 e. The zero-order valence-corrected chi connectivity index (χ0v) is 7.12. The van der Waals surface area contributed by atoms with E-state index in [2.05, 4.69) is 11.8 Å². The van der Waals surface area contributed by atoms with E-state index in [1.54, 1.807) is 0 Å². The van der Waals surface area contributed by atoms with Gasteiger partial charge in [-0.2, -0.15) is 11.8 Å². The first kappa shape index (κ1) is 6.99. The van der Waals surface area contributed by atoms with E-state index in [1.807, 2.05) is 0 Å². The first-order valence-corrected chi connectivity index (χ1v) is 5.31. The maximum Gasteiger partial charge on any atom is -0.00176 e. The van der Waals surface area contributed by atoms with Crippen LogP contribution in [-0.2, 0) is 0 Å². The van der Waals surface area contributed by atoms with Crippen molar-refractivity contribution >= 4 is 11.8 Å². The van der Waals surface area contributed by atoms with Gasteiger partial charge >= 0.3 is 0 Å². The fraction of sp³-hybridized carbons (Fsp3) is 1.00. The van der Waals surface area contributed by atoms with Crippen molar-refractivity contribution in [2.75, 3.05) is 18.1 Å². The smallest absolute Gasteiger partial charge is 0.00176 e. The van der Waals surface area contributed by atoms with Gasteiger partial charge in [0.2, 0.25) is 0 Å². The molecule has 0 amide bonds. The molecular weight excluding hydrogens is 142 g/mol. The molecule has 2 heteroatoms. The Morgan fingerprint density at radius 3 is 2.70 bits per heavy atom. The predicted octanol–water partition coefficient (Wildman–Crippen LogP) is 1.48. The summed E-state index contributed by atoms with van der Waals surface area (Å²) in [5.41, 5.74) is 6.37. The van der Waals surface area contributed by atoms with Crippen LogP contribution in [0.5, 0.6) is 0 Å². The van der Waals surface area contributed by atoms with Crippen molar-refractivity contribution in [3.05, 3.63) is 0 Å². The lowest BCUT2D eigenvalue weighted by molar-refractivity contribution is 0.350. The van der Waals surface area contributed by atoms with Gasteiger partial charge in [0.1, 0.15) is 0 Å². The van der Waals surface area contributed by atoms with Crippen LogP contribution in [0.4, 0.5) is 0 Å². The Labute approximate surface area is 66.7 Å². The highest BCUT2D eigenvalue weighted by Gasteiger charge is 2.48. The molecule has 1 saturated carbocycles. The molecule has 1 aliphatic carbocycles. The molecule has 1 nitrogen and oxygen atoms in total. The van der Waals surface area contributed by atoms with E-state index in [4.69, 9.17) is 5.73 Å². The molecule has 2 N–H and O–H groups in total. The van der Waals surface area contributed by atoms with Crippen molar-refractivity contribution in [1.82, 2.24) is 0 Å². The molecule has 0 radical (unpaired) electrons. The molecule has 1 unspecified atom stereocenters. The Hall–Kier alpha value is 0.310. The summed E-state index contributed by atoms with van der Waals surface area (Å²) < 4.78 is 0. The predicted molar refractivity (Wildman–Crippen MR) is 46.2 cm³/mol. The van der Waals surface area contributed by atoms with Crippen LogP contribution in [0.15, 0.2) is 0 Å². The normalized spacial score (nSPS) is 36.3. The minimum atomic E-state index is 0.628. The molecule has 1 saturated heterocycles. The van der Waals surface area contributed by atoms with E-state index in [1.165, 1.54) is 30.8 Å². The third kappa shape index (κ3) is 0.978. The average molecular weight is 157 g/mol. The highest BCUT2D eigenvalue weighted by molar-refractivity contribution is 7.99. The summed E-state index contributed by atoms with van der Waals surface area (Å²) >= 11 is 2.11. The van der Waals surface area contributed by atoms with Crippen molar-refractivity contribution in [3.8, 4) is 0 Å². The number of thioether (sulfide) groups is 1. The molecule has 10 heavy (non-hydrogen) atoms. The van der Waals surface area contributed by atoms with Crippen LogP contribution in [0.1, 0.15) is 19.3 Å². The SMILES string of the molecule is NCC1(C2CCSC2)CC1. The van der Waals surface area contributed by atoms with Crippen LogP contribution in [0, 0.1) is 11.3 Å². The van der Waals surface area contributed by atoms with E-state index >= 15 is 0 Å². The molecular formula is C8H15NS. The van der Waals surface area contributed by atoms with E-state index in [0.717, 1.165) is 12.5 Å². The Bertz CT molecular complexity index is 125. The Balaban J connectivity index is 1.96. The van der Waals surface area contributed by atoms with Gasteiger partial charge in [-0.15, -0.1) is 0 Å². The second kappa shape index (κ2) is 2.42. The van der Waals surface area contributed by atoms with Gasteiger partial charge in [-0.05, 0) is 48.6 Å². The second-order valence-electron chi connectivity index (χ2n) is 3.63. The van der Waals surface area contributed by atoms with E-state index < -0.39 is 0 Å². The van der Waals surface area contributed by atoms with Gasteiger partial charge in [-0.3, -0.25) is 0 Å². The fourth-order valence-corrected chi connectivity index (χ4v) is 3.38. The fourth-order valence-electron chi connectivity index (χ4n) is 1.96. The van der Waals surface area contributed by atoms with Crippen LogP contribution >= 0.6 is 11.8 Å². The maximum absolute atomic E-state index is 5.74. The van der Waals surface area contributed by atoms with Crippen LogP contribution in [-0.4, -0.2) is 18.1 Å². The molecule has 2 rings (SSSR count). The quantitative estimate of drug-likeness (QED) is 0.657. The summed E-state index contributed by atoms with van der Waals surface area (Å²) in [5.74, 6) is 3.74. The lowest BCUT2D eigenvalue weighted by Gasteiger charge is -2.19. The van der Waals surface area contributed by atoms with E-state index in [0.29, 0.717) is 5.41 Å². The molecule has 0 spiro atoms. The van der Waals surface area contributed by atoms with Crippen molar-refractivity contribution in [2.45, 2.75) is 19.3 Å². The molecule has 0 aromatic rings. The van der Waals surface area contributed by atoms with Crippen LogP contribution in [0.25, 0.3) is 0 Å². The lowest BCUT2D eigenvalue weighted by Crippen LogP contribution is -2.24. The van der Waals surface area contributed by atoms with Gasteiger partial charge in [0.15, 0.2) is 0 Å². The summed E-state index contributed by atoms with van der Waals surface area (Å²) in [7, 11) is 0. The molecule has 0 bridgehead atoms. The van der Waals surface area contributed by atoms with Gasteiger partial charge in [0.05, 0.1) is 0 Å². The second-order valence-corrected chi connectivity index (χ2v) is 4.78. The Kier molecular flexibility index (Phi) is 1.69. The maximum atomic E-state index is 5.74. The van der Waals surface area contributed by atoms with Crippen LogP contribution in [0.3, 0.4) is 0 Å². The Morgan fingerprint density at radius 1 is 1.50 bits per heavy atom. The van der Waals surface area contributed by atoms with E-state index in [9.17, 15) is 0 Å². The number of rotatable bonds is 2. The first-order valence-electron chi connectivity index (χ1n) is 4.15. The van der Waals surface area contributed by atoms with Gasteiger partial charge < -0.3 is 5.73 Å². The lowest BCUT2D eigenvalue weighted by atomic mass is 9.89. The Morgan fingerprint density at radius 2 is 2.30 bits per heavy atom. The average Bonchev–Trinajstić information content (AvgIpc) is 2.58. The highest BCUT2D eigenvalue weighted by Crippen LogP contribution is 2.55. The van der Waals surface area contributed by atoms with Crippen molar-refractivity contribution in [1.29, 1.82) is 0 Å². The molecule has 1 aliphatic heterocycles. The van der Waals surface area contributed by atoms with Gasteiger partial charge in [-0.25, -0.2) is 0 Å². The summed E-state index contributed by atoms with van der Waals surface area (Å²) in [6.07, 6.45) is 4.26.